The molecule has 3 rings (SSSR count). The van der Waals surface area contributed by atoms with Gasteiger partial charge in [0.1, 0.15) is 12.4 Å². The first-order valence-corrected chi connectivity index (χ1v) is 7.89. The van der Waals surface area contributed by atoms with Gasteiger partial charge in [0.05, 0.1) is 12.7 Å². The van der Waals surface area contributed by atoms with Gasteiger partial charge in [0.15, 0.2) is 0 Å². The van der Waals surface area contributed by atoms with E-state index >= 15 is 0 Å². The fourth-order valence-corrected chi connectivity index (χ4v) is 2.94. The Morgan fingerprint density at radius 2 is 1.92 bits per heavy atom. The summed E-state index contributed by atoms with van der Waals surface area (Å²) in [7, 11) is 1.39. The average molecular weight is 326 g/mol. The highest BCUT2D eigenvalue weighted by atomic mass is 16.5. The fraction of sp³-hybridized carbons (Fsp3) is 0.389. The number of nitrogens with one attached hydrogen (secondary N) is 1. The number of allylic oxidation sites excluding steroid dienone is 1. The Hall–Kier alpha value is -2.63. The molecule has 1 aliphatic heterocycles. The summed E-state index contributed by atoms with van der Waals surface area (Å²) < 4.78 is 6.70. The molecule has 6 heteroatoms. The summed E-state index contributed by atoms with van der Waals surface area (Å²) in [6.07, 6.45) is 1.48. The lowest BCUT2D eigenvalue weighted by atomic mass is 9.85. The zero-order chi connectivity index (χ0) is 17.5. The number of anilines is 1. The van der Waals surface area contributed by atoms with Crippen LogP contribution >= 0.6 is 0 Å². The summed E-state index contributed by atoms with van der Waals surface area (Å²) in [6.45, 7) is 8.37. The second kappa shape index (κ2) is 5.78. The predicted octanol–water partition coefficient (Wildman–Crippen LogP) is 3.04. The monoisotopic (exact) mass is 326 g/mol. The molecule has 0 radical (unpaired) electrons. The second-order valence-electron chi connectivity index (χ2n) is 6.96. The van der Waals surface area contributed by atoms with Crippen LogP contribution in [0, 0.1) is 0 Å². The molecule has 24 heavy (non-hydrogen) atoms. The van der Waals surface area contributed by atoms with Crippen molar-refractivity contribution in [1.29, 1.82) is 0 Å². The topological polar surface area (TPSA) is 69.0 Å². The van der Waals surface area contributed by atoms with Crippen LogP contribution in [0.2, 0.25) is 0 Å². The van der Waals surface area contributed by atoms with Crippen LogP contribution in [-0.4, -0.2) is 27.8 Å². The minimum atomic E-state index is -0.369. The standard InChI is InChI=1S/C18H22N4O2/c1-11-14(16(23)24-5)15(22-17(21-11)19-10-20-22)12-6-8-13(9-7-12)18(2,3)4/h6-10,15H,1-5H3,(H,19,20,21). The number of rotatable bonds is 2. The molecule has 126 valence electrons. The van der Waals surface area contributed by atoms with E-state index in [1.54, 1.807) is 4.68 Å². The van der Waals surface area contributed by atoms with Gasteiger partial charge in [0, 0.05) is 5.70 Å². The number of hydrogen-bond donors (Lipinski definition) is 1. The summed E-state index contributed by atoms with van der Waals surface area (Å²) in [5.41, 5.74) is 3.55. The minimum Gasteiger partial charge on any atom is -0.466 e. The largest absolute Gasteiger partial charge is 0.466 e. The Balaban J connectivity index is 2.11. The molecule has 6 nitrogen and oxygen atoms in total. The van der Waals surface area contributed by atoms with Gasteiger partial charge in [-0.1, -0.05) is 45.0 Å². The third kappa shape index (κ3) is 2.68. The Labute approximate surface area is 141 Å². The van der Waals surface area contributed by atoms with Crippen molar-refractivity contribution in [2.45, 2.75) is 39.2 Å². The summed E-state index contributed by atoms with van der Waals surface area (Å²) in [5, 5.41) is 7.40. The molecule has 1 atom stereocenters. The van der Waals surface area contributed by atoms with Crippen molar-refractivity contribution >= 4 is 11.9 Å². The average Bonchev–Trinajstić information content (AvgIpc) is 3.00. The third-order valence-corrected chi connectivity index (χ3v) is 4.29. The number of aromatic nitrogens is 3. The molecule has 0 spiro atoms. The molecule has 0 aliphatic carbocycles. The molecule has 0 fully saturated rings. The van der Waals surface area contributed by atoms with Gasteiger partial charge in [-0.2, -0.15) is 10.1 Å². The van der Waals surface area contributed by atoms with Crippen molar-refractivity contribution in [2.75, 3.05) is 12.4 Å². The lowest BCUT2D eigenvalue weighted by molar-refractivity contribution is -0.136. The van der Waals surface area contributed by atoms with Crippen molar-refractivity contribution in [3.05, 3.63) is 53.0 Å². The van der Waals surface area contributed by atoms with E-state index in [0.29, 0.717) is 11.5 Å². The SMILES string of the molecule is COC(=O)C1=C(C)Nc2ncnn2C1c1ccc(C(C)(C)C)cc1. The molecule has 1 aromatic carbocycles. The van der Waals surface area contributed by atoms with Crippen LogP contribution in [0.25, 0.3) is 0 Å². The first-order valence-electron chi connectivity index (χ1n) is 7.89. The van der Waals surface area contributed by atoms with Crippen molar-refractivity contribution in [3.63, 3.8) is 0 Å². The van der Waals surface area contributed by atoms with E-state index in [2.05, 4.69) is 48.3 Å². The van der Waals surface area contributed by atoms with Crippen LogP contribution in [0.1, 0.15) is 44.9 Å². The van der Waals surface area contributed by atoms with Gasteiger partial charge in [-0.15, -0.1) is 0 Å². The van der Waals surface area contributed by atoms with Crippen LogP contribution < -0.4 is 5.32 Å². The summed E-state index contributed by atoms with van der Waals surface area (Å²) in [6, 6.07) is 7.91. The normalized spacial score (nSPS) is 17.3. The van der Waals surface area contributed by atoms with E-state index in [4.69, 9.17) is 4.74 Å². The van der Waals surface area contributed by atoms with E-state index in [-0.39, 0.29) is 17.4 Å². The van der Waals surface area contributed by atoms with Crippen LogP contribution in [-0.2, 0) is 14.9 Å². The number of benzene rings is 1. The fourth-order valence-electron chi connectivity index (χ4n) is 2.94. The first kappa shape index (κ1) is 16.2. The molecular weight excluding hydrogens is 304 g/mol. The van der Waals surface area contributed by atoms with Gasteiger partial charge in [0.25, 0.3) is 0 Å². The zero-order valence-electron chi connectivity index (χ0n) is 14.6. The summed E-state index contributed by atoms with van der Waals surface area (Å²) in [4.78, 5) is 16.6. The minimum absolute atomic E-state index is 0.0714. The molecule has 1 aliphatic rings. The van der Waals surface area contributed by atoms with Crippen LogP contribution in [0.15, 0.2) is 41.9 Å². The van der Waals surface area contributed by atoms with Crippen LogP contribution in [0.5, 0.6) is 0 Å². The van der Waals surface area contributed by atoms with Crippen molar-refractivity contribution in [2.24, 2.45) is 0 Å². The molecular formula is C18H22N4O2. The molecule has 0 bridgehead atoms. The number of carbonyl (C=O) groups excluding carboxylic acids is 1. The van der Waals surface area contributed by atoms with Gasteiger partial charge in [-0.25, -0.2) is 9.48 Å². The molecule has 1 N–H and O–H groups in total. The number of fused-ring (bicyclic) bond motifs is 1. The number of ether oxygens (including phenoxy) is 1. The Bertz CT molecular complexity index is 797. The highest BCUT2D eigenvalue weighted by Gasteiger charge is 2.34. The second-order valence-corrected chi connectivity index (χ2v) is 6.96. The number of nitrogens with zero attached hydrogens (tertiary/aromatic N) is 3. The molecule has 1 unspecified atom stereocenters. The van der Waals surface area contributed by atoms with Gasteiger partial charge in [-0.3, -0.25) is 0 Å². The van der Waals surface area contributed by atoms with E-state index in [1.807, 2.05) is 19.1 Å². The molecule has 1 aromatic heterocycles. The molecule has 2 heterocycles. The highest BCUT2D eigenvalue weighted by Crippen LogP contribution is 2.35. The van der Waals surface area contributed by atoms with Gasteiger partial charge >= 0.3 is 5.97 Å². The van der Waals surface area contributed by atoms with Crippen LogP contribution in [0.3, 0.4) is 0 Å². The van der Waals surface area contributed by atoms with Crippen molar-refractivity contribution < 1.29 is 9.53 Å². The first-order chi connectivity index (χ1) is 11.3. The van der Waals surface area contributed by atoms with E-state index < -0.39 is 0 Å². The predicted molar refractivity (Wildman–Crippen MR) is 91.6 cm³/mol. The Morgan fingerprint density at radius 3 is 2.50 bits per heavy atom. The lowest BCUT2D eigenvalue weighted by Gasteiger charge is -2.28. The number of carbonyl (C=O) groups is 1. The van der Waals surface area contributed by atoms with Crippen molar-refractivity contribution in [3.8, 4) is 0 Å². The van der Waals surface area contributed by atoms with Crippen molar-refractivity contribution in [1.82, 2.24) is 14.8 Å². The number of hydrogen-bond acceptors (Lipinski definition) is 5. The summed E-state index contributed by atoms with van der Waals surface area (Å²) in [5.74, 6) is 0.246. The summed E-state index contributed by atoms with van der Waals surface area (Å²) >= 11 is 0. The molecule has 0 amide bonds. The zero-order valence-corrected chi connectivity index (χ0v) is 14.6. The number of esters is 1. The van der Waals surface area contributed by atoms with E-state index in [9.17, 15) is 4.79 Å². The van der Waals surface area contributed by atoms with E-state index in [1.165, 1.54) is 19.0 Å². The molecule has 0 saturated carbocycles. The third-order valence-electron chi connectivity index (χ3n) is 4.29. The maximum Gasteiger partial charge on any atom is 0.338 e. The van der Waals surface area contributed by atoms with Crippen LogP contribution in [0.4, 0.5) is 5.95 Å². The van der Waals surface area contributed by atoms with Gasteiger partial charge < -0.3 is 10.1 Å². The van der Waals surface area contributed by atoms with Gasteiger partial charge in [0.2, 0.25) is 5.95 Å². The Kier molecular flexibility index (Phi) is 3.91. The highest BCUT2D eigenvalue weighted by molar-refractivity contribution is 5.92. The lowest BCUT2D eigenvalue weighted by Crippen LogP contribution is -2.29. The van der Waals surface area contributed by atoms with Gasteiger partial charge in [-0.05, 0) is 23.5 Å². The van der Waals surface area contributed by atoms with E-state index in [0.717, 1.165) is 11.3 Å². The number of methoxy groups -OCH3 is 1. The maximum atomic E-state index is 12.3. The quantitative estimate of drug-likeness (QED) is 0.859. The molecule has 0 saturated heterocycles. The molecule has 2 aromatic rings. The smallest absolute Gasteiger partial charge is 0.338 e. The maximum absolute atomic E-state index is 12.3. The Morgan fingerprint density at radius 1 is 1.25 bits per heavy atom.